The second-order valence-electron chi connectivity index (χ2n) is 6.05. The minimum atomic E-state index is -0.827. The van der Waals surface area contributed by atoms with E-state index in [2.05, 4.69) is 10.9 Å². The van der Waals surface area contributed by atoms with Crippen molar-refractivity contribution in [3.05, 3.63) is 64.4 Å². The summed E-state index contributed by atoms with van der Waals surface area (Å²) in [5, 5.41) is 0.529. The van der Waals surface area contributed by atoms with Gasteiger partial charge in [0.05, 0.1) is 11.5 Å². The van der Waals surface area contributed by atoms with Crippen molar-refractivity contribution in [2.45, 2.75) is 6.42 Å². The summed E-state index contributed by atoms with van der Waals surface area (Å²) in [6, 6.07) is 10.4. The van der Waals surface area contributed by atoms with Crippen molar-refractivity contribution in [3.8, 4) is 5.75 Å². The van der Waals surface area contributed by atoms with E-state index in [0.717, 1.165) is 11.6 Å². The summed E-state index contributed by atoms with van der Waals surface area (Å²) in [6.07, 6.45) is 0.375. The van der Waals surface area contributed by atoms with Gasteiger partial charge in [0.15, 0.2) is 6.61 Å². The predicted molar refractivity (Wildman–Crippen MR) is 97.1 cm³/mol. The molecule has 3 rings (SSSR count). The van der Waals surface area contributed by atoms with Gasteiger partial charge in [0, 0.05) is 5.02 Å². The molecule has 0 saturated carbocycles. The Morgan fingerprint density at radius 3 is 2.75 bits per heavy atom. The molecule has 0 fully saturated rings. The number of rotatable bonds is 4. The van der Waals surface area contributed by atoms with Gasteiger partial charge in [-0.3, -0.25) is 25.2 Å². The number of benzene rings is 2. The smallest absolute Gasteiger partial charge is 0.313 e. The van der Waals surface area contributed by atoms with E-state index in [4.69, 9.17) is 21.1 Å². The number of hydrogen-bond donors (Lipinski definition) is 2. The van der Waals surface area contributed by atoms with E-state index < -0.39 is 36.1 Å². The van der Waals surface area contributed by atoms with Crippen LogP contribution in [0.1, 0.15) is 15.9 Å². The van der Waals surface area contributed by atoms with Gasteiger partial charge in [-0.25, -0.2) is 4.39 Å². The first-order chi connectivity index (χ1) is 13.4. The van der Waals surface area contributed by atoms with Crippen LogP contribution in [0.25, 0.3) is 0 Å². The number of carbonyl (C=O) groups excluding carboxylic acids is 3. The quantitative estimate of drug-likeness (QED) is 0.598. The Bertz CT molecular complexity index is 921. The van der Waals surface area contributed by atoms with Gasteiger partial charge in [-0.05, 0) is 42.3 Å². The van der Waals surface area contributed by atoms with E-state index >= 15 is 0 Å². The van der Waals surface area contributed by atoms with Crippen molar-refractivity contribution in [2.75, 3.05) is 13.2 Å². The summed E-state index contributed by atoms with van der Waals surface area (Å²) in [4.78, 5) is 35.7. The van der Waals surface area contributed by atoms with Crippen LogP contribution in [0.3, 0.4) is 0 Å². The lowest BCUT2D eigenvalue weighted by Crippen LogP contribution is -2.44. The first kappa shape index (κ1) is 19.6. The molecule has 2 amide bonds. The van der Waals surface area contributed by atoms with E-state index in [0.29, 0.717) is 17.2 Å². The number of hydrazine groups is 1. The molecule has 7 nitrogen and oxygen atoms in total. The summed E-state index contributed by atoms with van der Waals surface area (Å²) in [7, 11) is 0. The van der Waals surface area contributed by atoms with Crippen LogP contribution < -0.4 is 15.6 Å². The van der Waals surface area contributed by atoms with Crippen LogP contribution in [-0.4, -0.2) is 31.0 Å². The zero-order valence-electron chi connectivity index (χ0n) is 14.5. The zero-order valence-corrected chi connectivity index (χ0v) is 15.3. The Morgan fingerprint density at radius 2 is 1.96 bits per heavy atom. The number of ether oxygens (including phenoxy) is 2. The van der Waals surface area contributed by atoms with Crippen molar-refractivity contribution in [3.63, 3.8) is 0 Å². The fraction of sp³-hybridized carbons (Fsp3) is 0.211. The van der Waals surface area contributed by atoms with E-state index in [1.54, 1.807) is 18.2 Å². The summed E-state index contributed by atoms with van der Waals surface area (Å²) >= 11 is 5.94. The first-order valence-corrected chi connectivity index (χ1v) is 8.73. The average Bonchev–Trinajstić information content (AvgIpc) is 2.70. The fourth-order valence-electron chi connectivity index (χ4n) is 2.64. The molecule has 0 aliphatic carbocycles. The molecule has 2 N–H and O–H groups in total. The zero-order chi connectivity index (χ0) is 20.1. The molecule has 0 unspecified atom stereocenters. The lowest BCUT2D eigenvalue weighted by molar-refractivity contribution is -0.154. The van der Waals surface area contributed by atoms with Crippen LogP contribution in [0.15, 0.2) is 42.5 Å². The third kappa shape index (κ3) is 4.77. The molecule has 146 valence electrons. The largest absolute Gasteiger partial charge is 0.492 e. The molecule has 1 aliphatic heterocycles. The monoisotopic (exact) mass is 406 g/mol. The molecule has 2 aromatic carbocycles. The number of halogens is 2. The summed E-state index contributed by atoms with van der Waals surface area (Å²) < 4.78 is 24.0. The van der Waals surface area contributed by atoms with Gasteiger partial charge in [-0.1, -0.05) is 23.7 Å². The van der Waals surface area contributed by atoms with Crippen LogP contribution in [0.5, 0.6) is 5.75 Å². The molecule has 0 spiro atoms. The highest BCUT2D eigenvalue weighted by Gasteiger charge is 2.28. The van der Waals surface area contributed by atoms with Gasteiger partial charge in [0.2, 0.25) is 0 Å². The van der Waals surface area contributed by atoms with Gasteiger partial charge in [0.25, 0.3) is 11.8 Å². The van der Waals surface area contributed by atoms with Crippen molar-refractivity contribution >= 4 is 29.4 Å². The lowest BCUT2D eigenvalue weighted by Gasteiger charge is -2.24. The Morgan fingerprint density at radius 1 is 1.18 bits per heavy atom. The fourth-order valence-corrected chi connectivity index (χ4v) is 2.84. The first-order valence-electron chi connectivity index (χ1n) is 8.35. The molecule has 1 aliphatic rings. The van der Waals surface area contributed by atoms with Crippen molar-refractivity contribution in [2.24, 2.45) is 5.92 Å². The van der Waals surface area contributed by atoms with Crippen LogP contribution in [0, 0.1) is 11.7 Å². The molecular weight excluding hydrogens is 391 g/mol. The highest BCUT2D eigenvalue weighted by molar-refractivity contribution is 6.30. The number of carbonyl (C=O) groups is 3. The Labute approximate surface area is 164 Å². The molecule has 0 aromatic heterocycles. The predicted octanol–water partition coefficient (Wildman–Crippen LogP) is 2.03. The molecule has 0 radical (unpaired) electrons. The van der Waals surface area contributed by atoms with Gasteiger partial charge >= 0.3 is 5.97 Å². The number of amides is 2. The Balaban J connectivity index is 1.45. The summed E-state index contributed by atoms with van der Waals surface area (Å²) in [6.45, 7) is -0.478. The summed E-state index contributed by atoms with van der Waals surface area (Å²) in [5.41, 5.74) is 4.67. The minimum Gasteiger partial charge on any atom is -0.492 e. The standard InChI is InChI=1S/C19H16ClFN2O5/c20-13-5-6-16-11(8-13)7-12(9-27-16)19(26)28-10-17(24)22-23-18(25)14-3-1-2-4-15(14)21/h1-6,8,12H,7,9-10H2,(H,22,24)(H,23,25)/t12-/m1/s1. The molecule has 0 bridgehead atoms. The molecule has 1 atom stereocenters. The molecule has 1 heterocycles. The maximum Gasteiger partial charge on any atom is 0.313 e. The molecule has 2 aromatic rings. The molecule has 0 saturated heterocycles. The van der Waals surface area contributed by atoms with Crippen molar-refractivity contribution < 1.29 is 28.2 Å². The lowest BCUT2D eigenvalue weighted by atomic mass is 9.97. The van der Waals surface area contributed by atoms with Gasteiger partial charge in [0.1, 0.15) is 18.2 Å². The van der Waals surface area contributed by atoms with Crippen LogP contribution in [0.2, 0.25) is 5.02 Å². The van der Waals surface area contributed by atoms with E-state index in [1.807, 2.05) is 0 Å². The third-order valence-electron chi connectivity index (χ3n) is 4.04. The van der Waals surface area contributed by atoms with E-state index in [9.17, 15) is 18.8 Å². The van der Waals surface area contributed by atoms with Gasteiger partial charge < -0.3 is 9.47 Å². The van der Waals surface area contributed by atoms with Gasteiger partial charge in [-0.15, -0.1) is 0 Å². The van der Waals surface area contributed by atoms with Crippen LogP contribution in [0.4, 0.5) is 4.39 Å². The van der Waals surface area contributed by atoms with Crippen molar-refractivity contribution in [1.82, 2.24) is 10.9 Å². The average molecular weight is 407 g/mol. The second-order valence-corrected chi connectivity index (χ2v) is 6.49. The SMILES string of the molecule is O=C(COC(=O)[C@H]1COc2ccc(Cl)cc2C1)NNC(=O)c1ccccc1F. The highest BCUT2D eigenvalue weighted by atomic mass is 35.5. The Hall–Kier alpha value is -3.13. The van der Waals surface area contributed by atoms with E-state index in [1.165, 1.54) is 18.2 Å². The van der Waals surface area contributed by atoms with Crippen LogP contribution in [-0.2, 0) is 20.7 Å². The highest BCUT2D eigenvalue weighted by Crippen LogP contribution is 2.30. The van der Waals surface area contributed by atoms with Gasteiger partial charge in [-0.2, -0.15) is 0 Å². The number of esters is 1. The maximum atomic E-state index is 13.5. The Kier molecular flexibility index (Phi) is 6.10. The maximum absolute atomic E-state index is 13.5. The minimum absolute atomic E-state index is 0.124. The molecule has 9 heteroatoms. The number of fused-ring (bicyclic) bond motifs is 1. The van der Waals surface area contributed by atoms with Crippen molar-refractivity contribution in [1.29, 1.82) is 0 Å². The normalized spacial score (nSPS) is 15.0. The second kappa shape index (κ2) is 8.71. The summed E-state index contributed by atoms with van der Waals surface area (Å²) in [5.74, 6) is -2.85. The molecular formula is C19H16ClFN2O5. The number of nitrogens with one attached hydrogen (secondary N) is 2. The number of hydrogen-bond acceptors (Lipinski definition) is 5. The van der Waals surface area contributed by atoms with Crippen LogP contribution >= 0.6 is 11.6 Å². The topological polar surface area (TPSA) is 93.7 Å². The third-order valence-corrected chi connectivity index (χ3v) is 4.28. The molecule has 28 heavy (non-hydrogen) atoms. The van der Waals surface area contributed by atoms with E-state index in [-0.39, 0.29) is 12.2 Å².